The summed E-state index contributed by atoms with van der Waals surface area (Å²) < 4.78 is 11.5. The molecule has 0 unspecified atom stereocenters. The number of rotatable bonds is 8. The molecule has 0 bridgehead atoms. The molecule has 4 nitrogen and oxygen atoms in total. The molecule has 4 heteroatoms. The molecule has 0 saturated heterocycles. The second kappa shape index (κ2) is 10.1. The van der Waals surface area contributed by atoms with Crippen LogP contribution in [0.3, 0.4) is 0 Å². The summed E-state index contributed by atoms with van der Waals surface area (Å²) in [5.41, 5.74) is 0.738. The Kier molecular flexibility index (Phi) is 6.86. The minimum Gasteiger partial charge on any atom is -0.494 e. The smallest absolute Gasteiger partial charge is 0.262 e. The van der Waals surface area contributed by atoms with Gasteiger partial charge >= 0.3 is 0 Å². The molecule has 1 amide bonds. The highest BCUT2D eigenvalue weighted by atomic mass is 16.5. The average Bonchev–Trinajstić information content (AvgIpc) is 2.79. The van der Waals surface area contributed by atoms with Crippen molar-refractivity contribution in [3.8, 4) is 11.5 Å². The number of hydrogen-bond acceptors (Lipinski definition) is 3. The largest absolute Gasteiger partial charge is 0.494 e. The minimum atomic E-state index is -0.186. The molecule has 3 aromatic rings. The first kappa shape index (κ1) is 20.3. The van der Waals surface area contributed by atoms with Gasteiger partial charge in [0.25, 0.3) is 5.91 Å². The minimum absolute atomic E-state index is 0.0298. The summed E-state index contributed by atoms with van der Waals surface area (Å²) in [6.45, 7) is 0.730. The van der Waals surface area contributed by atoms with Crippen molar-refractivity contribution in [3.05, 3.63) is 66.7 Å². The number of benzene rings is 3. The first-order valence-electron chi connectivity index (χ1n) is 10.9. The summed E-state index contributed by atoms with van der Waals surface area (Å²) in [6, 6.07) is 21.4. The summed E-state index contributed by atoms with van der Waals surface area (Å²) in [7, 11) is 0. The molecule has 1 N–H and O–H groups in total. The topological polar surface area (TPSA) is 47.6 Å². The number of fused-ring (bicyclic) bond motifs is 1. The third kappa shape index (κ3) is 5.76. The van der Waals surface area contributed by atoms with Crippen molar-refractivity contribution in [1.82, 2.24) is 0 Å². The molecule has 156 valence electrons. The van der Waals surface area contributed by atoms with Gasteiger partial charge in [-0.1, -0.05) is 62.4 Å². The molecule has 0 radical (unpaired) electrons. The molecule has 0 aliphatic heterocycles. The zero-order valence-corrected chi connectivity index (χ0v) is 17.3. The lowest BCUT2D eigenvalue weighted by atomic mass is 9.87. The highest BCUT2D eigenvalue weighted by Gasteiger charge is 2.13. The second-order valence-electron chi connectivity index (χ2n) is 8.01. The van der Waals surface area contributed by atoms with Gasteiger partial charge in [-0.3, -0.25) is 4.79 Å². The standard InChI is InChI=1S/C26H29NO3/c28-26(19-30-25-13-10-21-8-4-5-9-22(21)18-25)27-23-11-14-24(15-12-23)29-17-16-20-6-2-1-3-7-20/h4-5,8-15,18,20H,1-3,6-7,16-17,19H2,(H,27,28). The number of hydrogen-bond donors (Lipinski definition) is 1. The fourth-order valence-corrected chi connectivity index (χ4v) is 4.06. The number of amides is 1. The van der Waals surface area contributed by atoms with Gasteiger partial charge in [-0.25, -0.2) is 0 Å². The molecular weight excluding hydrogens is 374 g/mol. The van der Waals surface area contributed by atoms with Gasteiger partial charge in [0.05, 0.1) is 6.61 Å². The van der Waals surface area contributed by atoms with Crippen molar-refractivity contribution in [2.24, 2.45) is 5.92 Å². The van der Waals surface area contributed by atoms with Crippen LogP contribution in [0.1, 0.15) is 38.5 Å². The van der Waals surface area contributed by atoms with E-state index in [1.54, 1.807) is 0 Å². The lowest BCUT2D eigenvalue weighted by molar-refractivity contribution is -0.118. The van der Waals surface area contributed by atoms with Crippen LogP contribution in [-0.4, -0.2) is 19.1 Å². The van der Waals surface area contributed by atoms with E-state index in [4.69, 9.17) is 9.47 Å². The number of ether oxygens (including phenoxy) is 2. The van der Waals surface area contributed by atoms with E-state index in [-0.39, 0.29) is 12.5 Å². The van der Waals surface area contributed by atoms with Crippen LogP contribution in [0.4, 0.5) is 5.69 Å². The SMILES string of the molecule is O=C(COc1ccc2ccccc2c1)Nc1ccc(OCCC2CCCCC2)cc1. The van der Waals surface area contributed by atoms with Crippen molar-refractivity contribution < 1.29 is 14.3 Å². The van der Waals surface area contributed by atoms with Crippen molar-refractivity contribution in [2.45, 2.75) is 38.5 Å². The van der Waals surface area contributed by atoms with Gasteiger partial charge in [0.15, 0.2) is 6.61 Å². The fourth-order valence-electron chi connectivity index (χ4n) is 4.06. The Morgan fingerprint density at radius 1 is 0.833 bits per heavy atom. The summed E-state index contributed by atoms with van der Waals surface area (Å²) in [4.78, 5) is 12.2. The van der Waals surface area contributed by atoms with Crippen LogP contribution in [0.5, 0.6) is 11.5 Å². The van der Waals surface area contributed by atoms with Crippen molar-refractivity contribution in [2.75, 3.05) is 18.5 Å². The highest BCUT2D eigenvalue weighted by Crippen LogP contribution is 2.26. The van der Waals surface area contributed by atoms with E-state index in [1.165, 1.54) is 32.1 Å². The van der Waals surface area contributed by atoms with Gasteiger partial charge < -0.3 is 14.8 Å². The summed E-state index contributed by atoms with van der Waals surface area (Å²) >= 11 is 0. The Morgan fingerprint density at radius 3 is 2.37 bits per heavy atom. The number of anilines is 1. The summed E-state index contributed by atoms with van der Waals surface area (Å²) in [6.07, 6.45) is 7.93. The number of carbonyl (C=O) groups excluding carboxylic acids is 1. The van der Waals surface area contributed by atoms with Crippen LogP contribution >= 0.6 is 0 Å². The van der Waals surface area contributed by atoms with Gasteiger partial charge in [-0.15, -0.1) is 0 Å². The van der Waals surface area contributed by atoms with Crippen molar-refractivity contribution >= 4 is 22.4 Å². The quantitative estimate of drug-likeness (QED) is 0.487. The monoisotopic (exact) mass is 403 g/mol. The molecule has 1 fully saturated rings. The number of carbonyl (C=O) groups is 1. The van der Waals surface area contributed by atoms with Gasteiger partial charge in [0.2, 0.25) is 0 Å². The summed E-state index contributed by atoms with van der Waals surface area (Å²) in [5.74, 6) is 2.16. The molecule has 1 aliphatic rings. The van der Waals surface area contributed by atoms with Gasteiger partial charge in [-0.2, -0.15) is 0 Å². The molecule has 0 atom stereocenters. The highest BCUT2D eigenvalue weighted by molar-refractivity contribution is 5.92. The molecular formula is C26H29NO3. The summed E-state index contributed by atoms with van der Waals surface area (Å²) in [5, 5.41) is 5.11. The maximum absolute atomic E-state index is 12.2. The van der Waals surface area contributed by atoms with E-state index in [2.05, 4.69) is 11.4 Å². The van der Waals surface area contributed by atoms with Gasteiger partial charge in [-0.05, 0) is 59.5 Å². The fraction of sp³-hybridized carbons (Fsp3) is 0.346. The zero-order valence-electron chi connectivity index (χ0n) is 17.3. The van der Waals surface area contributed by atoms with Gasteiger partial charge in [0.1, 0.15) is 11.5 Å². The third-order valence-corrected chi connectivity index (χ3v) is 5.75. The van der Waals surface area contributed by atoms with Crippen LogP contribution in [-0.2, 0) is 4.79 Å². The Bertz CT molecular complexity index is 961. The molecule has 1 saturated carbocycles. The molecule has 0 heterocycles. The third-order valence-electron chi connectivity index (χ3n) is 5.75. The Labute approximate surface area is 178 Å². The predicted octanol–water partition coefficient (Wildman–Crippen LogP) is 6.21. The zero-order chi connectivity index (χ0) is 20.6. The predicted molar refractivity (Wildman–Crippen MR) is 121 cm³/mol. The van der Waals surface area contributed by atoms with E-state index in [9.17, 15) is 4.79 Å². The van der Waals surface area contributed by atoms with Crippen molar-refractivity contribution in [3.63, 3.8) is 0 Å². The molecule has 0 spiro atoms. The van der Waals surface area contributed by atoms with Gasteiger partial charge in [0, 0.05) is 5.69 Å². The Balaban J connectivity index is 1.21. The van der Waals surface area contributed by atoms with E-state index in [0.29, 0.717) is 5.75 Å². The lowest BCUT2D eigenvalue weighted by Gasteiger charge is -2.21. The Hall–Kier alpha value is -3.01. The number of nitrogens with one attached hydrogen (secondary N) is 1. The van der Waals surface area contributed by atoms with E-state index in [0.717, 1.165) is 41.2 Å². The van der Waals surface area contributed by atoms with Crippen LogP contribution in [0.25, 0.3) is 10.8 Å². The maximum Gasteiger partial charge on any atom is 0.262 e. The first-order valence-corrected chi connectivity index (χ1v) is 10.9. The molecule has 30 heavy (non-hydrogen) atoms. The Morgan fingerprint density at radius 2 is 1.57 bits per heavy atom. The second-order valence-corrected chi connectivity index (χ2v) is 8.01. The average molecular weight is 404 g/mol. The van der Waals surface area contributed by atoms with E-state index >= 15 is 0 Å². The molecule has 3 aromatic carbocycles. The molecule has 0 aromatic heterocycles. The molecule has 1 aliphatic carbocycles. The van der Waals surface area contributed by atoms with Crippen LogP contribution < -0.4 is 14.8 Å². The van der Waals surface area contributed by atoms with Crippen LogP contribution in [0.2, 0.25) is 0 Å². The van der Waals surface area contributed by atoms with Crippen LogP contribution in [0.15, 0.2) is 66.7 Å². The maximum atomic E-state index is 12.2. The van der Waals surface area contributed by atoms with Crippen molar-refractivity contribution in [1.29, 1.82) is 0 Å². The lowest BCUT2D eigenvalue weighted by Crippen LogP contribution is -2.20. The van der Waals surface area contributed by atoms with E-state index in [1.807, 2.05) is 60.7 Å². The normalized spacial score (nSPS) is 14.4. The van der Waals surface area contributed by atoms with Crippen LogP contribution in [0, 0.1) is 5.92 Å². The van der Waals surface area contributed by atoms with E-state index < -0.39 is 0 Å². The first-order chi connectivity index (χ1) is 14.8. The molecule has 4 rings (SSSR count).